The van der Waals surface area contributed by atoms with Crippen molar-refractivity contribution in [3.8, 4) is 0 Å². The Kier molecular flexibility index (Phi) is 5.82. The number of halogens is 1. The lowest BCUT2D eigenvalue weighted by Gasteiger charge is -2.08. The molecule has 4 rings (SSSR count). The van der Waals surface area contributed by atoms with Crippen molar-refractivity contribution < 1.29 is 9.59 Å². The van der Waals surface area contributed by atoms with E-state index in [1.165, 1.54) is 0 Å². The number of hydrogen-bond donors (Lipinski definition) is 3. The Bertz CT molecular complexity index is 1200. The fraction of sp³-hybridized carbons (Fsp3) is 0.0833. The van der Waals surface area contributed by atoms with E-state index in [0.717, 1.165) is 16.5 Å². The van der Waals surface area contributed by atoms with E-state index in [2.05, 4.69) is 15.6 Å². The number of aromatic nitrogens is 1. The van der Waals surface area contributed by atoms with Crippen LogP contribution in [-0.4, -0.2) is 23.3 Å². The van der Waals surface area contributed by atoms with Gasteiger partial charge in [0, 0.05) is 45.5 Å². The number of H-pyrrole nitrogens is 1. The summed E-state index contributed by atoms with van der Waals surface area (Å²) in [6.45, 7) is 0.485. The van der Waals surface area contributed by atoms with E-state index in [9.17, 15) is 9.59 Å². The molecule has 0 bridgehead atoms. The van der Waals surface area contributed by atoms with Gasteiger partial charge in [-0.3, -0.25) is 9.59 Å². The Morgan fingerprint density at radius 2 is 1.67 bits per heavy atom. The van der Waals surface area contributed by atoms with Crippen molar-refractivity contribution in [1.82, 2.24) is 10.3 Å². The highest BCUT2D eigenvalue weighted by Crippen LogP contribution is 2.22. The molecule has 0 aliphatic carbocycles. The standard InChI is InChI=1S/C24H20ClN3O2/c25-19-9-10-22-21(14-19)18(15-27-22)11-12-26-23(29)17-7-4-8-20(13-17)28-24(30)16-5-2-1-3-6-16/h1-10,13-15,27H,11-12H2,(H,26,29)(H,28,30). The van der Waals surface area contributed by atoms with E-state index in [0.29, 0.717) is 34.8 Å². The smallest absolute Gasteiger partial charge is 0.255 e. The van der Waals surface area contributed by atoms with Gasteiger partial charge in [-0.05, 0) is 60.5 Å². The number of hydrogen-bond acceptors (Lipinski definition) is 2. The van der Waals surface area contributed by atoms with Crippen molar-refractivity contribution in [2.45, 2.75) is 6.42 Å². The van der Waals surface area contributed by atoms with Crippen LogP contribution >= 0.6 is 11.6 Å². The van der Waals surface area contributed by atoms with Crippen molar-refractivity contribution in [2.24, 2.45) is 0 Å². The molecule has 0 saturated carbocycles. The van der Waals surface area contributed by atoms with Gasteiger partial charge < -0.3 is 15.6 Å². The van der Waals surface area contributed by atoms with Crippen molar-refractivity contribution >= 4 is 40.0 Å². The van der Waals surface area contributed by atoms with Gasteiger partial charge in [-0.25, -0.2) is 0 Å². The summed E-state index contributed by atoms with van der Waals surface area (Å²) in [7, 11) is 0. The predicted molar refractivity (Wildman–Crippen MR) is 120 cm³/mol. The number of rotatable bonds is 6. The monoisotopic (exact) mass is 417 g/mol. The number of anilines is 1. The van der Waals surface area contributed by atoms with Crippen LogP contribution in [0.5, 0.6) is 0 Å². The normalized spacial score (nSPS) is 10.7. The first-order valence-corrected chi connectivity index (χ1v) is 9.98. The summed E-state index contributed by atoms with van der Waals surface area (Å²) in [5.41, 5.74) is 3.73. The summed E-state index contributed by atoms with van der Waals surface area (Å²) in [5, 5.41) is 7.49. The van der Waals surface area contributed by atoms with E-state index >= 15 is 0 Å². The van der Waals surface area contributed by atoms with Gasteiger partial charge in [0.15, 0.2) is 0 Å². The van der Waals surface area contributed by atoms with Crippen LogP contribution in [0.3, 0.4) is 0 Å². The Morgan fingerprint density at radius 1 is 0.867 bits per heavy atom. The molecule has 0 spiro atoms. The fourth-order valence-corrected chi connectivity index (χ4v) is 3.47. The molecule has 150 valence electrons. The van der Waals surface area contributed by atoms with Gasteiger partial charge in [-0.1, -0.05) is 35.9 Å². The maximum Gasteiger partial charge on any atom is 0.255 e. The van der Waals surface area contributed by atoms with Crippen LogP contribution in [0.25, 0.3) is 10.9 Å². The number of carbonyl (C=O) groups is 2. The molecule has 0 unspecified atom stereocenters. The van der Waals surface area contributed by atoms with Gasteiger partial charge in [0.2, 0.25) is 0 Å². The second-order valence-corrected chi connectivity index (χ2v) is 7.35. The third-order valence-corrected chi connectivity index (χ3v) is 5.06. The lowest BCUT2D eigenvalue weighted by atomic mass is 10.1. The van der Waals surface area contributed by atoms with Crippen LogP contribution < -0.4 is 10.6 Å². The largest absolute Gasteiger partial charge is 0.361 e. The van der Waals surface area contributed by atoms with E-state index in [-0.39, 0.29) is 11.8 Å². The SMILES string of the molecule is O=C(NCCc1c[nH]c2ccc(Cl)cc12)c1cccc(NC(=O)c2ccccc2)c1. The van der Waals surface area contributed by atoms with Gasteiger partial charge >= 0.3 is 0 Å². The van der Waals surface area contributed by atoms with Gasteiger partial charge in [0.25, 0.3) is 11.8 Å². The van der Waals surface area contributed by atoms with Crippen LogP contribution in [0.2, 0.25) is 5.02 Å². The summed E-state index contributed by atoms with van der Waals surface area (Å²) in [5.74, 6) is -0.408. The number of nitrogens with one attached hydrogen (secondary N) is 3. The first kappa shape index (κ1) is 19.7. The first-order chi connectivity index (χ1) is 14.6. The molecule has 2 amide bonds. The topological polar surface area (TPSA) is 74.0 Å². The number of carbonyl (C=O) groups excluding carboxylic acids is 2. The van der Waals surface area contributed by atoms with Gasteiger partial charge in [-0.2, -0.15) is 0 Å². The molecular formula is C24H20ClN3O2. The Morgan fingerprint density at radius 3 is 2.50 bits per heavy atom. The first-order valence-electron chi connectivity index (χ1n) is 9.60. The molecule has 3 N–H and O–H groups in total. The highest BCUT2D eigenvalue weighted by Gasteiger charge is 2.10. The van der Waals surface area contributed by atoms with Crippen LogP contribution in [-0.2, 0) is 6.42 Å². The molecule has 0 fully saturated rings. The van der Waals surface area contributed by atoms with Crippen LogP contribution in [0, 0.1) is 0 Å². The van der Waals surface area contributed by atoms with Gasteiger partial charge in [0.1, 0.15) is 0 Å². The minimum atomic E-state index is -0.217. The number of fused-ring (bicyclic) bond motifs is 1. The second-order valence-electron chi connectivity index (χ2n) is 6.91. The second kappa shape index (κ2) is 8.84. The van der Waals surface area contributed by atoms with Crippen molar-refractivity contribution in [3.63, 3.8) is 0 Å². The molecule has 4 aromatic rings. The lowest BCUT2D eigenvalue weighted by molar-refractivity contribution is 0.0952. The number of benzene rings is 3. The molecule has 1 heterocycles. The van der Waals surface area contributed by atoms with E-state index in [4.69, 9.17) is 11.6 Å². The molecule has 6 heteroatoms. The average molecular weight is 418 g/mol. The molecule has 0 aliphatic heterocycles. The highest BCUT2D eigenvalue weighted by atomic mass is 35.5. The zero-order valence-electron chi connectivity index (χ0n) is 16.1. The summed E-state index contributed by atoms with van der Waals surface area (Å²) in [6.07, 6.45) is 2.61. The minimum Gasteiger partial charge on any atom is -0.361 e. The Balaban J connectivity index is 1.37. The quantitative estimate of drug-likeness (QED) is 0.411. The van der Waals surface area contributed by atoms with E-state index < -0.39 is 0 Å². The van der Waals surface area contributed by atoms with Gasteiger partial charge in [0.05, 0.1) is 0 Å². The molecule has 3 aromatic carbocycles. The molecule has 0 atom stereocenters. The summed E-state index contributed by atoms with van der Waals surface area (Å²) < 4.78 is 0. The Labute approximate surface area is 179 Å². The van der Waals surface area contributed by atoms with E-state index in [1.807, 2.05) is 30.5 Å². The molecule has 5 nitrogen and oxygen atoms in total. The van der Waals surface area contributed by atoms with Crippen molar-refractivity contribution in [3.05, 3.63) is 101 Å². The summed E-state index contributed by atoms with van der Waals surface area (Å²) in [6, 6.07) is 21.5. The molecule has 0 aliphatic rings. The maximum absolute atomic E-state index is 12.5. The molecule has 0 saturated heterocycles. The highest BCUT2D eigenvalue weighted by molar-refractivity contribution is 6.31. The summed E-state index contributed by atoms with van der Waals surface area (Å²) in [4.78, 5) is 28.1. The number of aromatic amines is 1. The zero-order valence-corrected chi connectivity index (χ0v) is 16.9. The fourth-order valence-electron chi connectivity index (χ4n) is 3.30. The van der Waals surface area contributed by atoms with Gasteiger partial charge in [-0.15, -0.1) is 0 Å². The number of amides is 2. The third-order valence-electron chi connectivity index (χ3n) is 4.83. The molecule has 0 radical (unpaired) electrons. The zero-order chi connectivity index (χ0) is 20.9. The third kappa shape index (κ3) is 4.53. The van der Waals surface area contributed by atoms with Crippen LogP contribution in [0.1, 0.15) is 26.3 Å². The maximum atomic E-state index is 12.5. The molecule has 30 heavy (non-hydrogen) atoms. The predicted octanol–water partition coefficient (Wildman–Crippen LogP) is 5.05. The lowest BCUT2D eigenvalue weighted by Crippen LogP contribution is -2.25. The minimum absolute atomic E-state index is 0.191. The van der Waals surface area contributed by atoms with Crippen molar-refractivity contribution in [2.75, 3.05) is 11.9 Å². The summed E-state index contributed by atoms with van der Waals surface area (Å²) >= 11 is 6.09. The average Bonchev–Trinajstić information content (AvgIpc) is 3.16. The van der Waals surface area contributed by atoms with Crippen LogP contribution in [0.4, 0.5) is 5.69 Å². The van der Waals surface area contributed by atoms with Crippen molar-refractivity contribution in [1.29, 1.82) is 0 Å². The molecular weight excluding hydrogens is 398 g/mol. The van der Waals surface area contributed by atoms with Crippen LogP contribution in [0.15, 0.2) is 79.0 Å². The molecule has 1 aromatic heterocycles. The van der Waals surface area contributed by atoms with E-state index in [1.54, 1.807) is 48.5 Å². The Hall–Kier alpha value is -3.57.